The number of hydrogen-bond acceptors (Lipinski definition) is 7. The van der Waals surface area contributed by atoms with Crippen LogP contribution >= 0.6 is 0 Å². The van der Waals surface area contributed by atoms with Crippen molar-refractivity contribution in [1.82, 2.24) is 24.6 Å². The van der Waals surface area contributed by atoms with E-state index in [0.29, 0.717) is 29.3 Å². The average molecular weight is 505 g/mol. The van der Waals surface area contributed by atoms with Crippen molar-refractivity contribution in [2.75, 3.05) is 45.8 Å². The lowest BCUT2D eigenvalue weighted by Crippen LogP contribution is -2.16. The van der Waals surface area contributed by atoms with Gasteiger partial charge in [0.1, 0.15) is 17.3 Å². The Bertz CT molecular complexity index is 1410. The molecule has 9 nitrogen and oxygen atoms in total. The number of carbonyl (C=O) groups is 1. The number of rotatable bonds is 5. The second kappa shape index (κ2) is 11.0. The fourth-order valence-electron chi connectivity index (χ4n) is 4.39. The summed E-state index contributed by atoms with van der Waals surface area (Å²) in [7, 11) is 3.98. The first-order valence-corrected chi connectivity index (χ1v) is 12.1. The number of benzene rings is 1. The molecule has 1 aromatic carbocycles. The Hall–Kier alpha value is -3.86. The van der Waals surface area contributed by atoms with Gasteiger partial charge in [-0.05, 0) is 43.9 Å². The molecule has 192 valence electrons. The molecule has 1 amide bonds. The van der Waals surface area contributed by atoms with Gasteiger partial charge in [-0.25, -0.2) is 14.4 Å². The Labute approximate surface area is 214 Å². The molecule has 0 saturated carbocycles. The zero-order valence-electron chi connectivity index (χ0n) is 20.8. The maximum atomic E-state index is 13.6. The lowest BCUT2D eigenvalue weighted by atomic mass is 9.99. The molecular weight excluding hydrogens is 475 g/mol. The number of aromatic nitrogens is 3. The van der Waals surface area contributed by atoms with Crippen molar-refractivity contribution in [3.63, 3.8) is 0 Å². The van der Waals surface area contributed by atoms with Crippen LogP contribution in [0, 0.1) is 5.82 Å². The number of halogens is 1. The second-order valence-corrected chi connectivity index (χ2v) is 9.02. The van der Waals surface area contributed by atoms with Crippen LogP contribution in [-0.2, 0) is 22.6 Å². The molecule has 1 fully saturated rings. The number of nitrogens with one attached hydrogen (secondary N) is 2. The van der Waals surface area contributed by atoms with Crippen molar-refractivity contribution in [2.45, 2.75) is 13.1 Å². The zero-order chi connectivity index (χ0) is 25.8. The summed E-state index contributed by atoms with van der Waals surface area (Å²) in [6.45, 7) is 4.25. The minimum absolute atomic E-state index is 0.135. The number of ether oxygens (including phenoxy) is 2. The van der Waals surface area contributed by atoms with E-state index >= 15 is 0 Å². The lowest BCUT2D eigenvalue weighted by Gasteiger charge is -2.14. The van der Waals surface area contributed by atoms with Crippen LogP contribution in [0.2, 0.25) is 0 Å². The third-order valence-electron chi connectivity index (χ3n) is 6.01. The van der Waals surface area contributed by atoms with Gasteiger partial charge in [-0.2, -0.15) is 0 Å². The van der Waals surface area contributed by atoms with Gasteiger partial charge < -0.3 is 25.0 Å². The number of pyridine rings is 2. The first kappa shape index (κ1) is 24.8. The van der Waals surface area contributed by atoms with Gasteiger partial charge in [0, 0.05) is 30.9 Å². The van der Waals surface area contributed by atoms with Crippen LogP contribution in [0.3, 0.4) is 0 Å². The van der Waals surface area contributed by atoms with Crippen LogP contribution in [0.5, 0.6) is 0 Å². The molecule has 5 heterocycles. The van der Waals surface area contributed by atoms with Crippen molar-refractivity contribution >= 4 is 23.1 Å². The second-order valence-electron chi connectivity index (χ2n) is 9.02. The average Bonchev–Trinajstić information content (AvgIpc) is 3.49. The van der Waals surface area contributed by atoms with Crippen molar-refractivity contribution in [2.24, 2.45) is 0 Å². The largest absolute Gasteiger partial charge is 0.377 e. The van der Waals surface area contributed by atoms with Crippen LogP contribution in [0.1, 0.15) is 21.6 Å². The molecule has 1 saturated heterocycles. The Balaban J connectivity index is 0.000000412. The highest BCUT2D eigenvalue weighted by Gasteiger charge is 2.27. The monoisotopic (exact) mass is 504 g/mol. The summed E-state index contributed by atoms with van der Waals surface area (Å²) < 4.78 is 25.3. The predicted molar refractivity (Wildman–Crippen MR) is 138 cm³/mol. The van der Waals surface area contributed by atoms with E-state index in [1.807, 2.05) is 53.7 Å². The minimum Gasteiger partial charge on any atom is -0.377 e. The van der Waals surface area contributed by atoms with Gasteiger partial charge in [0.25, 0.3) is 5.91 Å². The number of hydrogen-bond donors (Lipinski definition) is 2. The predicted octanol–water partition coefficient (Wildman–Crippen LogP) is 3.62. The highest BCUT2D eigenvalue weighted by atomic mass is 19.1. The highest BCUT2D eigenvalue weighted by molar-refractivity contribution is 6.06. The van der Waals surface area contributed by atoms with E-state index in [1.165, 1.54) is 12.1 Å². The Kier molecular flexibility index (Phi) is 7.40. The molecule has 6 rings (SSSR count). The first-order valence-electron chi connectivity index (χ1n) is 12.1. The fourth-order valence-corrected chi connectivity index (χ4v) is 4.39. The van der Waals surface area contributed by atoms with E-state index in [0.717, 1.165) is 55.5 Å². The van der Waals surface area contributed by atoms with Crippen LogP contribution in [-0.4, -0.2) is 65.7 Å². The topological polar surface area (TPSA) is 93.0 Å². The highest BCUT2D eigenvalue weighted by Crippen LogP contribution is 2.35. The summed E-state index contributed by atoms with van der Waals surface area (Å²) in [6.07, 6.45) is 3.35. The van der Waals surface area contributed by atoms with Crippen molar-refractivity contribution in [1.29, 1.82) is 0 Å². The van der Waals surface area contributed by atoms with E-state index in [9.17, 15) is 9.18 Å². The number of anilines is 2. The van der Waals surface area contributed by atoms with Crippen LogP contribution in [0.15, 0.2) is 54.9 Å². The maximum absolute atomic E-state index is 13.6. The van der Waals surface area contributed by atoms with Gasteiger partial charge >= 0.3 is 0 Å². The molecule has 2 N–H and O–H groups in total. The summed E-state index contributed by atoms with van der Waals surface area (Å²) in [4.78, 5) is 23.7. The summed E-state index contributed by atoms with van der Waals surface area (Å²) in [6, 6.07) is 12.4. The molecule has 0 atom stereocenters. The Morgan fingerprint density at radius 2 is 1.89 bits per heavy atom. The van der Waals surface area contributed by atoms with Crippen LogP contribution in [0.25, 0.3) is 16.9 Å². The van der Waals surface area contributed by atoms with Gasteiger partial charge in [0.15, 0.2) is 0 Å². The summed E-state index contributed by atoms with van der Waals surface area (Å²) in [5.41, 5.74) is 5.31. The van der Waals surface area contributed by atoms with E-state index in [2.05, 4.69) is 20.6 Å². The third-order valence-corrected chi connectivity index (χ3v) is 6.01. The smallest absolute Gasteiger partial charge is 0.254 e. The zero-order valence-corrected chi connectivity index (χ0v) is 20.8. The molecular formula is C27H29FN6O3. The first-order chi connectivity index (χ1) is 18.0. The molecule has 0 radical (unpaired) electrons. The molecule has 2 aliphatic rings. The minimum atomic E-state index is -0.338. The van der Waals surface area contributed by atoms with E-state index in [1.54, 1.807) is 12.4 Å². The fraction of sp³-hybridized carbons (Fsp3) is 0.296. The van der Waals surface area contributed by atoms with E-state index in [-0.39, 0.29) is 11.7 Å². The molecule has 3 aromatic heterocycles. The standard InChI is InChI=1S/C23H21FN6O.C4H8O2/c1-29(2)13-15-4-3-5-20(27-15)28-18-7-6-16(17-11-26-23(31)22(17)18)19-12-25-21-10-14(24)8-9-30(19)21;1-2-6-4-3-5-1/h3-10,12H,11,13H2,1-2H3,(H,26,31)(H,27,28);1-4H2. The van der Waals surface area contributed by atoms with Gasteiger partial charge in [0.05, 0.1) is 55.3 Å². The van der Waals surface area contributed by atoms with Gasteiger partial charge in [-0.3, -0.25) is 9.20 Å². The van der Waals surface area contributed by atoms with Crippen LogP contribution in [0.4, 0.5) is 15.9 Å². The molecule has 0 aliphatic carbocycles. The van der Waals surface area contributed by atoms with Gasteiger partial charge in [-0.15, -0.1) is 0 Å². The molecule has 0 spiro atoms. The quantitative estimate of drug-likeness (QED) is 0.429. The Morgan fingerprint density at radius 3 is 2.62 bits per heavy atom. The molecule has 2 aliphatic heterocycles. The molecule has 10 heteroatoms. The van der Waals surface area contributed by atoms with Gasteiger partial charge in [-0.1, -0.05) is 12.1 Å². The lowest BCUT2D eigenvalue weighted by molar-refractivity contribution is -0.0334. The Morgan fingerprint density at radius 1 is 1.11 bits per heavy atom. The number of nitrogens with zero attached hydrogens (tertiary/aromatic N) is 4. The van der Waals surface area contributed by atoms with E-state index in [4.69, 9.17) is 9.47 Å². The van der Waals surface area contributed by atoms with Crippen molar-refractivity contribution in [3.05, 3.63) is 77.5 Å². The van der Waals surface area contributed by atoms with E-state index < -0.39 is 0 Å². The number of fused-ring (bicyclic) bond motifs is 2. The summed E-state index contributed by atoms with van der Waals surface area (Å²) in [5.74, 6) is 0.207. The molecule has 0 unspecified atom stereocenters. The number of carbonyl (C=O) groups excluding carboxylic acids is 1. The SMILES string of the molecule is C1COCCO1.CN(C)Cc1cccc(Nc2ccc(-c3cnc4cc(F)ccn34)c3c2C(=O)NC3)n1. The van der Waals surface area contributed by atoms with Crippen LogP contribution < -0.4 is 10.6 Å². The van der Waals surface area contributed by atoms with Crippen molar-refractivity contribution < 1.29 is 18.7 Å². The maximum Gasteiger partial charge on any atom is 0.254 e. The molecule has 37 heavy (non-hydrogen) atoms. The molecule has 4 aromatic rings. The van der Waals surface area contributed by atoms with Gasteiger partial charge in [0.2, 0.25) is 0 Å². The normalized spacial score (nSPS) is 14.8. The van der Waals surface area contributed by atoms with Crippen molar-refractivity contribution in [3.8, 4) is 11.3 Å². The summed E-state index contributed by atoms with van der Waals surface area (Å²) in [5, 5.41) is 6.22. The number of amides is 1. The third kappa shape index (κ3) is 5.61. The number of imidazole rings is 1. The summed E-state index contributed by atoms with van der Waals surface area (Å²) >= 11 is 0. The molecule has 0 bridgehead atoms.